The second-order valence-electron chi connectivity index (χ2n) is 5.13. The molecule has 98 valence electrons. The zero-order valence-corrected chi connectivity index (χ0v) is 11.9. The maximum atomic E-state index is 12.9. The molecule has 19 heavy (non-hydrogen) atoms. The molecular weight excluding hydrogens is 235 g/mol. The molecule has 2 aromatic rings. The first-order valence-electron chi connectivity index (χ1n) is 6.49. The number of aryl methyl sites for hydroxylation is 2. The Morgan fingerprint density at radius 1 is 1.00 bits per heavy atom. The van der Waals surface area contributed by atoms with Crippen LogP contribution in [0.3, 0.4) is 0 Å². The summed E-state index contributed by atoms with van der Waals surface area (Å²) in [5.74, 6) is -0.197. The largest absolute Gasteiger partial charge is 0.207 e. The zero-order chi connectivity index (χ0) is 14.0. The summed E-state index contributed by atoms with van der Waals surface area (Å²) in [6.45, 7) is 8.49. The first-order chi connectivity index (χ1) is 8.97. The fourth-order valence-electron chi connectivity index (χ4n) is 2.34. The summed E-state index contributed by atoms with van der Waals surface area (Å²) in [5.41, 5.74) is 7.38. The molecule has 0 aromatic heterocycles. The molecule has 0 nitrogen and oxygen atoms in total. The van der Waals surface area contributed by atoms with Crippen LogP contribution in [0.1, 0.15) is 34.7 Å². The van der Waals surface area contributed by atoms with Crippen molar-refractivity contribution in [3.05, 3.63) is 70.0 Å². The van der Waals surface area contributed by atoms with Crippen LogP contribution in [-0.4, -0.2) is 0 Å². The minimum absolute atomic E-state index is 0.197. The monoisotopic (exact) mass is 254 g/mol. The van der Waals surface area contributed by atoms with Crippen molar-refractivity contribution in [2.24, 2.45) is 0 Å². The Balaban J connectivity index is 2.44. The molecule has 2 aromatic carbocycles. The van der Waals surface area contributed by atoms with Gasteiger partial charge in [-0.05, 0) is 67.7 Å². The van der Waals surface area contributed by atoms with E-state index in [-0.39, 0.29) is 5.82 Å². The number of hydrogen-bond acceptors (Lipinski definition) is 0. The number of hydrogen-bond donors (Lipinski definition) is 0. The van der Waals surface area contributed by atoms with E-state index in [0.29, 0.717) is 0 Å². The standard InChI is InChI=1S/C18H19F/c1-12-9-13(2)15(4)18(10-12)14(3)11-16-5-7-17(19)8-6-16/h5-11H,1-4H3/b14-11+. The van der Waals surface area contributed by atoms with E-state index in [1.807, 2.05) is 0 Å². The van der Waals surface area contributed by atoms with Gasteiger partial charge in [-0.25, -0.2) is 4.39 Å². The molecule has 0 radical (unpaired) electrons. The first-order valence-corrected chi connectivity index (χ1v) is 6.49. The summed E-state index contributed by atoms with van der Waals surface area (Å²) < 4.78 is 12.9. The van der Waals surface area contributed by atoms with Gasteiger partial charge in [-0.15, -0.1) is 0 Å². The maximum absolute atomic E-state index is 12.9. The van der Waals surface area contributed by atoms with Gasteiger partial charge in [-0.3, -0.25) is 0 Å². The topological polar surface area (TPSA) is 0 Å². The molecule has 0 atom stereocenters. The highest BCUT2D eigenvalue weighted by atomic mass is 19.1. The van der Waals surface area contributed by atoms with Crippen LogP contribution in [0.5, 0.6) is 0 Å². The minimum Gasteiger partial charge on any atom is -0.207 e. The molecule has 0 saturated heterocycles. The average molecular weight is 254 g/mol. The molecule has 0 fully saturated rings. The normalized spacial score (nSPS) is 11.7. The van der Waals surface area contributed by atoms with E-state index >= 15 is 0 Å². The number of benzene rings is 2. The quantitative estimate of drug-likeness (QED) is 0.637. The van der Waals surface area contributed by atoms with E-state index < -0.39 is 0 Å². The molecule has 0 heterocycles. The van der Waals surface area contributed by atoms with E-state index in [2.05, 4.69) is 45.9 Å². The van der Waals surface area contributed by atoms with E-state index in [1.54, 1.807) is 12.1 Å². The highest BCUT2D eigenvalue weighted by Gasteiger charge is 2.04. The van der Waals surface area contributed by atoms with Crippen LogP contribution in [0.2, 0.25) is 0 Å². The van der Waals surface area contributed by atoms with E-state index in [4.69, 9.17) is 0 Å². The molecule has 0 aliphatic rings. The van der Waals surface area contributed by atoms with Crippen molar-refractivity contribution >= 4 is 11.6 Å². The third-order valence-electron chi connectivity index (χ3n) is 3.49. The summed E-state index contributed by atoms with van der Waals surface area (Å²) in [5, 5.41) is 0. The van der Waals surface area contributed by atoms with Crippen LogP contribution in [-0.2, 0) is 0 Å². The Labute approximate surface area is 114 Å². The van der Waals surface area contributed by atoms with Crippen LogP contribution < -0.4 is 0 Å². The second kappa shape index (κ2) is 5.40. The lowest BCUT2D eigenvalue weighted by molar-refractivity contribution is 0.628. The predicted octanol–water partition coefficient (Wildman–Crippen LogP) is 5.31. The SMILES string of the molecule is C/C(=C\c1ccc(F)cc1)c1cc(C)cc(C)c1C. The Bertz CT molecular complexity index is 619. The smallest absolute Gasteiger partial charge is 0.123 e. The Morgan fingerprint density at radius 2 is 1.63 bits per heavy atom. The van der Waals surface area contributed by atoms with Crippen molar-refractivity contribution in [2.45, 2.75) is 27.7 Å². The molecule has 1 heteroatoms. The summed E-state index contributed by atoms with van der Waals surface area (Å²) >= 11 is 0. The van der Waals surface area contributed by atoms with Gasteiger partial charge in [-0.1, -0.05) is 35.9 Å². The molecule has 0 aliphatic heterocycles. The molecule has 0 amide bonds. The van der Waals surface area contributed by atoms with Crippen molar-refractivity contribution in [1.82, 2.24) is 0 Å². The Kier molecular flexibility index (Phi) is 3.84. The van der Waals surface area contributed by atoms with Crippen LogP contribution in [0.25, 0.3) is 11.6 Å². The van der Waals surface area contributed by atoms with Gasteiger partial charge in [0.2, 0.25) is 0 Å². The van der Waals surface area contributed by atoms with Crippen LogP contribution in [0.4, 0.5) is 4.39 Å². The van der Waals surface area contributed by atoms with Crippen molar-refractivity contribution < 1.29 is 4.39 Å². The third-order valence-corrected chi connectivity index (χ3v) is 3.49. The van der Waals surface area contributed by atoms with Crippen molar-refractivity contribution in [3.63, 3.8) is 0 Å². The molecule has 0 saturated carbocycles. The lowest BCUT2D eigenvalue weighted by Gasteiger charge is -2.11. The molecule has 0 spiro atoms. The van der Waals surface area contributed by atoms with E-state index in [0.717, 1.165) is 5.56 Å². The van der Waals surface area contributed by atoms with Gasteiger partial charge in [0, 0.05) is 0 Å². The van der Waals surface area contributed by atoms with E-state index in [1.165, 1.54) is 40.0 Å². The van der Waals surface area contributed by atoms with E-state index in [9.17, 15) is 4.39 Å². The minimum atomic E-state index is -0.197. The van der Waals surface area contributed by atoms with Gasteiger partial charge in [0.1, 0.15) is 5.82 Å². The highest BCUT2D eigenvalue weighted by Crippen LogP contribution is 2.25. The molecule has 0 bridgehead atoms. The van der Waals surface area contributed by atoms with Gasteiger partial charge in [0.25, 0.3) is 0 Å². The number of allylic oxidation sites excluding steroid dienone is 1. The molecule has 0 N–H and O–H groups in total. The molecule has 0 unspecified atom stereocenters. The fraction of sp³-hybridized carbons (Fsp3) is 0.222. The molecule has 2 rings (SSSR count). The van der Waals surface area contributed by atoms with Gasteiger partial charge in [-0.2, -0.15) is 0 Å². The van der Waals surface area contributed by atoms with Crippen LogP contribution in [0, 0.1) is 26.6 Å². The molecule has 0 aliphatic carbocycles. The molecular formula is C18H19F. The average Bonchev–Trinajstić information content (AvgIpc) is 2.36. The summed E-state index contributed by atoms with van der Waals surface area (Å²) in [7, 11) is 0. The van der Waals surface area contributed by atoms with Crippen molar-refractivity contribution in [3.8, 4) is 0 Å². The third kappa shape index (κ3) is 3.11. The number of rotatable bonds is 2. The zero-order valence-electron chi connectivity index (χ0n) is 11.9. The van der Waals surface area contributed by atoms with Crippen molar-refractivity contribution in [1.29, 1.82) is 0 Å². The van der Waals surface area contributed by atoms with Crippen LogP contribution >= 0.6 is 0 Å². The van der Waals surface area contributed by atoms with Crippen molar-refractivity contribution in [2.75, 3.05) is 0 Å². The summed E-state index contributed by atoms with van der Waals surface area (Å²) in [4.78, 5) is 0. The maximum Gasteiger partial charge on any atom is 0.123 e. The second-order valence-corrected chi connectivity index (χ2v) is 5.13. The highest BCUT2D eigenvalue weighted by molar-refractivity contribution is 5.82. The lowest BCUT2D eigenvalue weighted by atomic mass is 9.94. The Hall–Kier alpha value is -1.89. The van der Waals surface area contributed by atoms with Gasteiger partial charge < -0.3 is 0 Å². The predicted molar refractivity (Wildman–Crippen MR) is 80.6 cm³/mol. The van der Waals surface area contributed by atoms with Gasteiger partial charge in [0.15, 0.2) is 0 Å². The Morgan fingerprint density at radius 3 is 2.26 bits per heavy atom. The van der Waals surface area contributed by atoms with Gasteiger partial charge in [0.05, 0.1) is 0 Å². The number of halogens is 1. The van der Waals surface area contributed by atoms with Crippen LogP contribution in [0.15, 0.2) is 36.4 Å². The summed E-state index contributed by atoms with van der Waals surface area (Å²) in [6, 6.07) is 11.0. The van der Waals surface area contributed by atoms with Gasteiger partial charge >= 0.3 is 0 Å². The first kappa shape index (κ1) is 13.5. The lowest BCUT2D eigenvalue weighted by Crippen LogP contribution is -1.91. The summed E-state index contributed by atoms with van der Waals surface area (Å²) in [6.07, 6.45) is 2.10. The fourth-order valence-corrected chi connectivity index (χ4v) is 2.34.